The van der Waals surface area contributed by atoms with Gasteiger partial charge in [0.2, 0.25) is 11.7 Å². The van der Waals surface area contributed by atoms with E-state index in [1.165, 1.54) is 0 Å². The number of hydrogen-bond donors (Lipinski definition) is 1. The molecule has 0 aliphatic rings. The predicted octanol–water partition coefficient (Wildman–Crippen LogP) is 2.98. The summed E-state index contributed by atoms with van der Waals surface area (Å²) in [7, 11) is 0. The van der Waals surface area contributed by atoms with Crippen LogP contribution in [0, 0.1) is 0 Å². The fourth-order valence-corrected chi connectivity index (χ4v) is 2.20. The number of ether oxygens (including phenoxy) is 1. The standard InChI is InChI=1S/C15H21N3O2/c1-4-11(10(3)16)15-17-14(18-20-15)12-8-6-7-9-13(12)19-5-2/h6-11H,4-5,16H2,1-3H3. The van der Waals surface area contributed by atoms with Gasteiger partial charge in [0.15, 0.2) is 0 Å². The molecule has 0 aliphatic heterocycles. The van der Waals surface area contributed by atoms with Gasteiger partial charge in [-0.25, -0.2) is 0 Å². The number of benzene rings is 1. The molecule has 0 saturated heterocycles. The molecule has 20 heavy (non-hydrogen) atoms. The summed E-state index contributed by atoms with van der Waals surface area (Å²) in [5, 5.41) is 4.06. The quantitative estimate of drug-likeness (QED) is 0.877. The van der Waals surface area contributed by atoms with Gasteiger partial charge < -0.3 is 15.0 Å². The van der Waals surface area contributed by atoms with Crippen LogP contribution in [0.2, 0.25) is 0 Å². The van der Waals surface area contributed by atoms with Crippen LogP contribution in [0.1, 0.15) is 39.0 Å². The molecule has 2 atom stereocenters. The second-order valence-corrected chi connectivity index (χ2v) is 4.76. The molecule has 0 bridgehead atoms. The van der Waals surface area contributed by atoms with Gasteiger partial charge in [0.25, 0.3) is 0 Å². The zero-order valence-electron chi connectivity index (χ0n) is 12.2. The van der Waals surface area contributed by atoms with Crippen LogP contribution in [0.25, 0.3) is 11.4 Å². The molecular weight excluding hydrogens is 254 g/mol. The molecule has 1 heterocycles. The maximum atomic E-state index is 5.95. The van der Waals surface area contributed by atoms with E-state index < -0.39 is 0 Å². The Labute approximate surface area is 119 Å². The maximum Gasteiger partial charge on any atom is 0.231 e. The Morgan fingerprint density at radius 2 is 2.05 bits per heavy atom. The van der Waals surface area contributed by atoms with Crippen LogP contribution in [-0.4, -0.2) is 22.8 Å². The lowest BCUT2D eigenvalue weighted by atomic mass is 9.99. The zero-order chi connectivity index (χ0) is 14.5. The minimum absolute atomic E-state index is 0.0181. The van der Waals surface area contributed by atoms with Gasteiger partial charge in [0.1, 0.15) is 5.75 Å². The Balaban J connectivity index is 2.33. The largest absolute Gasteiger partial charge is 0.493 e. The molecule has 5 heteroatoms. The summed E-state index contributed by atoms with van der Waals surface area (Å²) >= 11 is 0. The average Bonchev–Trinajstić information content (AvgIpc) is 2.89. The summed E-state index contributed by atoms with van der Waals surface area (Å²) in [5.41, 5.74) is 6.79. The van der Waals surface area contributed by atoms with Crippen LogP contribution < -0.4 is 10.5 Å². The molecule has 0 spiro atoms. The Kier molecular flexibility index (Phi) is 4.74. The molecule has 2 aromatic rings. The number of nitrogens with zero attached hydrogens (tertiary/aromatic N) is 2. The Morgan fingerprint density at radius 3 is 2.70 bits per heavy atom. The summed E-state index contributed by atoms with van der Waals surface area (Å²) in [4.78, 5) is 4.48. The Hall–Kier alpha value is -1.88. The summed E-state index contributed by atoms with van der Waals surface area (Å²) in [6.45, 7) is 6.55. The van der Waals surface area contributed by atoms with E-state index in [4.69, 9.17) is 15.0 Å². The van der Waals surface area contributed by atoms with E-state index in [1.807, 2.05) is 38.1 Å². The number of rotatable bonds is 6. The van der Waals surface area contributed by atoms with Crippen LogP contribution in [0.4, 0.5) is 0 Å². The summed E-state index contributed by atoms with van der Waals surface area (Å²) in [6, 6.07) is 7.66. The summed E-state index contributed by atoms with van der Waals surface area (Å²) < 4.78 is 11.0. The molecule has 1 aromatic carbocycles. The summed E-state index contributed by atoms with van der Waals surface area (Å²) in [6.07, 6.45) is 0.867. The third kappa shape index (κ3) is 2.99. The van der Waals surface area contributed by atoms with Gasteiger partial charge in [-0.3, -0.25) is 0 Å². The van der Waals surface area contributed by atoms with Crippen molar-refractivity contribution in [3.8, 4) is 17.1 Å². The molecule has 2 rings (SSSR count). The fourth-order valence-electron chi connectivity index (χ4n) is 2.20. The first-order valence-corrected chi connectivity index (χ1v) is 6.98. The normalized spacial score (nSPS) is 14.0. The van der Waals surface area contributed by atoms with Crippen molar-refractivity contribution >= 4 is 0 Å². The lowest BCUT2D eigenvalue weighted by Gasteiger charge is -2.13. The highest BCUT2D eigenvalue weighted by molar-refractivity contribution is 5.63. The van der Waals surface area contributed by atoms with Crippen LogP contribution in [0.15, 0.2) is 28.8 Å². The third-order valence-corrected chi connectivity index (χ3v) is 3.26. The number of hydrogen-bond acceptors (Lipinski definition) is 5. The molecule has 5 nitrogen and oxygen atoms in total. The van der Waals surface area contributed by atoms with Gasteiger partial charge in [0.05, 0.1) is 18.1 Å². The molecule has 0 fully saturated rings. The minimum Gasteiger partial charge on any atom is -0.493 e. The second kappa shape index (κ2) is 6.52. The van der Waals surface area contributed by atoms with Crippen molar-refractivity contribution in [3.63, 3.8) is 0 Å². The lowest BCUT2D eigenvalue weighted by Crippen LogP contribution is -2.24. The Bertz CT molecular complexity index is 552. The summed E-state index contributed by atoms with van der Waals surface area (Å²) in [5.74, 6) is 1.97. The van der Waals surface area contributed by atoms with E-state index >= 15 is 0 Å². The molecule has 0 saturated carbocycles. The van der Waals surface area contributed by atoms with Crippen molar-refractivity contribution in [3.05, 3.63) is 30.2 Å². The smallest absolute Gasteiger partial charge is 0.231 e. The van der Waals surface area contributed by atoms with Crippen LogP contribution in [0.5, 0.6) is 5.75 Å². The van der Waals surface area contributed by atoms with Crippen molar-refractivity contribution in [2.24, 2.45) is 5.73 Å². The van der Waals surface area contributed by atoms with Gasteiger partial charge in [-0.05, 0) is 32.4 Å². The molecule has 2 unspecified atom stereocenters. The first-order valence-electron chi connectivity index (χ1n) is 6.98. The second-order valence-electron chi connectivity index (χ2n) is 4.76. The average molecular weight is 275 g/mol. The first-order chi connectivity index (χ1) is 9.67. The SMILES string of the molecule is CCOc1ccccc1-c1noc(C(CC)C(C)N)n1. The molecular formula is C15H21N3O2. The van der Waals surface area contributed by atoms with E-state index in [2.05, 4.69) is 17.1 Å². The molecule has 0 aliphatic carbocycles. The van der Waals surface area contributed by atoms with Crippen LogP contribution >= 0.6 is 0 Å². The first kappa shape index (κ1) is 14.5. The van der Waals surface area contributed by atoms with E-state index in [0.717, 1.165) is 17.7 Å². The highest BCUT2D eigenvalue weighted by Crippen LogP contribution is 2.29. The minimum atomic E-state index is -0.0181. The molecule has 0 radical (unpaired) electrons. The maximum absolute atomic E-state index is 5.95. The van der Waals surface area contributed by atoms with Crippen molar-refractivity contribution in [2.45, 2.75) is 39.2 Å². The molecule has 108 valence electrons. The topological polar surface area (TPSA) is 74.2 Å². The van der Waals surface area contributed by atoms with Gasteiger partial charge in [-0.15, -0.1) is 0 Å². The van der Waals surface area contributed by atoms with E-state index in [1.54, 1.807) is 0 Å². The highest BCUT2D eigenvalue weighted by Gasteiger charge is 2.22. The van der Waals surface area contributed by atoms with Gasteiger partial charge >= 0.3 is 0 Å². The zero-order valence-corrected chi connectivity index (χ0v) is 12.2. The number of aromatic nitrogens is 2. The van der Waals surface area contributed by atoms with Gasteiger partial charge in [-0.1, -0.05) is 24.2 Å². The van der Waals surface area contributed by atoms with Gasteiger partial charge in [0, 0.05) is 6.04 Å². The van der Waals surface area contributed by atoms with Gasteiger partial charge in [-0.2, -0.15) is 4.98 Å². The molecule has 1 aromatic heterocycles. The Morgan fingerprint density at radius 1 is 1.30 bits per heavy atom. The monoisotopic (exact) mass is 275 g/mol. The number of nitrogens with two attached hydrogens (primary N) is 1. The van der Waals surface area contributed by atoms with Crippen molar-refractivity contribution in [1.82, 2.24) is 10.1 Å². The number of para-hydroxylation sites is 1. The van der Waals surface area contributed by atoms with Crippen LogP contribution in [0.3, 0.4) is 0 Å². The van der Waals surface area contributed by atoms with E-state index in [0.29, 0.717) is 18.3 Å². The third-order valence-electron chi connectivity index (χ3n) is 3.26. The lowest BCUT2D eigenvalue weighted by molar-refractivity contribution is 0.332. The van der Waals surface area contributed by atoms with E-state index in [-0.39, 0.29) is 12.0 Å². The van der Waals surface area contributed by atoms with Crippen molar-refractivity contribution in [2.75, 3.05) is 6.61 Å². The van der Waals surface area contributed by atoms with Crippen molar-refractivity contribution < 1.29 is 9.26 Å². The highest BCUT2D eigenvalue weighted by atomic mass is 16.5. The van der Waals surface area contributed by atoms with E-state index in [9.17, 15) is 0 Å². The molecule has 2 N–H and O–H groups in total. The molecule has 0 amide bonds. The predicted molar refractivity (Wildman–Crippen MR) is 77.6 cm³/mol. The fraction of sp³-hybridized carbons (Fsp3) is 0.467. The van der Waals surface area contributed by atoms with Crippen molar-refractivity contribution in [1.29, 1.82) is 0 Å². The van der Waals surface area contributed by atoms with Crippen LogP contribution in [-0.2, 0) is 0 Å².